The van der Waals surface area contributed by atoms with E-state index in [0.717, 1.165) is 57.8 Å². The highest BCUT2D eigenvalue weighted by Gasteiger charge is 2.24. The fraction of sp³-hybridized carbons (Fsp3) is 0.855. The quantitative estimate of drug-likeness (QED) is 0.0245. The normalized spacial score (nSPS) is 13.5. The molecule has 0 aromatic rings. The number of hydrogen-bond acceptors (Lipinski definition) is 5. The van der Waals surface area contributed by atoms with Crippen molar-refractivity contribution in [3.05, 3.63) is 36.5 Å². The average molecular weight is 858 g/mol. The van der Waals surface area contributed by atoms with Crippen LogP contribution in [0.2, 0.25) is 0 Å². The largest absolute Gasteiger partial charge is 0.462 e. The number of aliphatic hydroxyl groups is 2. The summed E-state index contributed by atoms with van der Waals surface area (Å²) < 4.78 is 5.91. The Morgan fingerprint density at radius 3 is 1.30 bits per heavy atom. The zero-order valence-electron chi connectivity index (χ0n) is 40.8. The standard InChI is InChI=1S/C55H103NO5/c1-4-7-10-13-16-19-21-23-25-26-27-28-29-31-33-36-39-42-45-48-55(60)61-51(46-43-40-37-35-32-30-24-22-20-17-14-11-8-5-2)49-54(59)56-52(50-57)53(58)47-44-41-38-34-18-15-12-9-6-3/h23,25,30,32,35,37,51-53,57-58H,4-22,24,26-29,31,33-34,36,38-50H2,1-3H3,(H,56,59)/b25-23+,32-30+,37-35+. The molecule has 0 aromatic carbocycles. The number of carbonyl (C=O) groups excluding carboxylic acids is 2. The van der Waals surface area contributed by atoms with E-state index in [1.165, 1.54) is 173 Å². The third kappa shape index (κ3) is 44.5. The van der Waals surface area contributed by atoms with E-state index >= 15 is 0 Å². The Kier molecular flexibility index (Phi) is 47.6. The molecule has 0 fully saturated rings. The molecule has 0 saturated heterocycles. The Balaban J connectivity index is 4.55. The van der Waals surface area contributed by atoms with E-state index in [-0.39, 0.29) is 24.9 Å². The van der Waals surface area contributed by atoms with Gasteiger partial charge < -0.3 is 20.3 Å². The number of unbranched alkanes of at least 4 members (excludes halogenated alkanes) is 31. The van der Waals surface area contributed by atoms with E-state index < -0.39 is 18.2 Å². The van der Waals surface area contributed by atoms with Gasteiger partial charge in [0.05, 0.1) is 25.2 Å². The summed E-state index contributed by atoms with van der Waals surface area (Å²) in [5, 5.41) is 23.7. The van der Waals surface area contributed by atoms with Crippen molar-refractivity contribution in [3.8, 4) is 0 Å². The molecule has 0 aliphatic heterocycles. The second kappa shape index (κ2) is 49.1. The monoisotopic (exact) mass is 858 g/mol. The lowest BCUT2D eigenvalue weighted by molar-refractivity contribution is -0.151. The highest BCUT2D eigenvalue weighted by molar-refractivity contribution is 5.77. The summed E-state index contributed by atoms with van der Waals surface area (Å²) in [7, 11) is 0. The molecule has 0 aromatic heterocycles. The van der Waals surface area contributed by atoms with Crippen molar-refractivity contribution in [1.82, 2.24) is 5.32 Å². The molecule has 1 amide bonds. The van der Waals surface area contributed by atoms with Crippen LogP contribution in [-0.4, -0.2) is 46.9 Å². The lowest BCUT2D eigenvalue weighted by Crippen LogP contribution is -2.46. The molecule has 0 rings (SSSR count). The summed E-state index contributed by atoms with van der Waals surface area (Å²) >= 11 is 0. The second-order valence-corrected chi connectivity index (χ2v) is 18.3. The molecule has 0 saturated carbocycles. The number of esters is 1. The molecule has 0 heterocycles. The SMILES string of the molecule is CCCCCCCC/C=C/CCCCCCCCCCCC(=O)OC(CCC/C=C/C=C/CCCCCCCCC)CC(=O)NC(CO)C(O)CCCCCCCCCCC. The first-order valence-corrected chi connectivity index (χ1v) is 26.7. The third-order valence-corrected chi connectivity index (χ3v) is 12.2. The van der Waals surface area contributed by atoms with Crippen LogP contribution in [0, 0.1) is 0 Å². The van der Waals surface area contributed by atoms with Crippen molar-refractivity contribution in [1.29, 1.82) is 0 Å². The Morgan fingerprint density at radius 2 is 0.852 bits per heavy atom. The van der Waals surface area contributed by atoms with Gasteiger partial charge in [-0.3, -0.25) is 9.59 Å². The van der Waals surface area contributed by atoms with E-state index in [1.807, 2.05) is 0 Å². The highest BCUT2D eigenvalue weighted by atomic mass is 16.5. The van der Waals surface area contributed by atoms with E-state index in [9.17, 15) is 19.8 Å². The lowest BCUT2D eigenvalue weighted by Gasteiger charge is -2.24. The van der Waals surface area contributed by atoms with Gasteiger partial charge in [-0.25, -0.2) is 0 Å². The predicted octanol–water partition coefficient (Wildman–Crippen LogP) is 16.1. The summed E-state index contributed by atoms with van der Waals surface area (Å²) in [6.45, 7) is 6.45. The van der Waals surface area contributed by atoms with Crippen LogP contribution in [0.4, 0.5) is 0 Å². The van der Waals surface area contributed by atoms with Crippen LogP contribution in [0.15, 0.2) is 36.5 Å². The number of hydrogen-bond donors (Lipinski definition) is 3. The van der Waals surface area contributed by atoms with Crippen LogP contribution in [0.25, 0.3) is 0 Å². The average Bonchev–Trinajstić information content (AvgIpc) is 3.25. The summed E-state index contributed by atoms with van der Waals surface area (Å²) in [4.78, 5) is 26.1. The number of ether oxygens (including phenoxy) is 1. The molecular formula is C55H103NO5. The van der Waals surface area contributed by atoms with Gasteiger partial charge in [0.2, 0.25) is 5.91 Å². The molecular weight excluding hydrogens is 755 g/mol. The maximum atomic E-state index is 13.2. The fourth-order valence-corrected chi connectivity index (χ4v) is 8.13. The van der Waals surface area contributed by atoms with Gasteiger partial charge in [-0.15, -0.1) is 0 Å². The van der Waals surface area contributed by atoms with Crippen LogP contribution >= 0.6 is 0 Å². The molecule has 358 valence electrons. The molecule has 6 nitrogen and oxygen atoms in total. The first-order chi connectivity index (χ1) is 30.0. The number of allylic oxidation sites excluding steroid dienone is 6. The molecule has 0 aliphatic rings. The van der Waals surface area contributed by atoms with Gasteiger partial charge in [0, 0.05) is 6.42 Å². The van der Waals surface area contributed by atoms with Crippen molar-refractivity contribution in [2.75, 3.05) is 6.61 Å². The van der Waals surface area contributed by atoms with Gasteiger partial charge in [0.1, 0.15) is 6.10 Å². The van der Waals surface area contributed by atoms with E-state index in [2.05, 4.69) is 62.5 Å². The lowest BCUT2D eigenvalue weighted by atomic mass is 10.0. The van der Waals surface area contributed by atoms with Gasteiger partial charge in [-0.2, -0.15) is 0 Å². The zero-order valence-corrected chi connectivity index (χ0v) is 40.8. The Labute approximate surface area is 379 Å². The third-order valence-electron chi connectivity index (χ3n) is 12.2. The maximum absolute atomic E-state index is 13.2. The Hall–Kier alpha value is -1.92. The van der Waals surface area contributed by atoms with Gasteiger partial charge in [0.25, 0.3) is 0 Å². The van der Waals surface area contributed by atoms with Crippen molar-refractivity contribution in [2.45, 2.75) is 296 Å². The topological polar surface area (TPSA) is 95.9 Å². The molecule has 0 radical (unpaired) electrons. The van der Waals surface area contributed by atoms with Crippen molar-refractivity contribution in [3.63, 3.8) is 0 Å². The fourth-order valence-electron chi connectivity index (χ4n) is 8.13. The smallest absolute Gasteiger partial charge is 0.306 e. The van der Waals surface area contributed by atoms with Gasteiger partial charge in [0.15, 0.2) is 0 Å². The Morgan fingerprint density at radius 1 is 0.475 bits per heavy atom. The zero-order chi connectivity index (χ0) is 44.5. The predicted molar refractivity (Wildman–Crippen MR) is 264 cm³/mol. The molecule has 6 heteroatoms. The molecule has 0 aliphatic carbocycles. The van der Waals surface area contributed by atoms with Gasteiger partial charge in [-0.05, 0) is 70.6 Å². The van der Waals surface area contributed by atoms with E-state index in [0.29, 0.717) is 19.3 Å². The second-order valence-electron chi connectivity index (χ2n) is 18.3. The van der Waals surface area contributed by atoms with Crippen molar-refractivity contribution >= 4 is 11.9 Å². The van der Waals surface area contributed by atoms with Crippen molar-refractivity contribution < 1.29 is 24.5 Å². The van der Waals surface area contributed by atoms with E-state index in [1.54, 1.807) is 0 Å². The van der Waals surface area contributed by atoms with Gasteiger partial charge in [-0.1, -0.05) is 231 Å². The summed E-state index contributed by atoms with van der Waals surface area (Å²) in [5.74, 6) is -0.515. The molecule has 0 bridgehead atoms. The van der Waals surface area contributed by atoms with Crippen LogP contribution in [-0.2, 0) is 14.3 Å². The van der Waals surface area contributed by atoms with Crippen LogP contribution in [0.5, 0.6) is 0 Å². The molecule has 0 spiro atoms. The summed E-state index contributed by atoms with van der Waals surface area (Å²) in [6.07, 6.45) is 57.9. The van der Waals surface area contributed by atoms with Crippen LogP contribution in [0.3, 0.4) is 0 Å². The first-order valence-electron chi connectivity index (χ1n) is 26.7. The number of amides is 1. The highest BCUT2D eigenvalue weighted by Crippen LogP contribution is 2.17. The van der Waals surface area contributed by atoms with Crippen LogP contribution in [0.1, 0.15) is 278 Å². The number of aliphatic hydroxyl groups excluding tert-OH is 2. The first kappa shape index (κ1) is 59.1. The summed E-state index contributed by atoms with van der Waals surface area (Å²) in [5.41, 5.74) is 0. The van der Waals surface area contributed by atoms with Gasteiger partial charge >= 0.3 is 5.97 Å². The number of nitrogens with one attached hydrogen (secondary N) is 1. The molecule has 3 atom stereocenters. The summed E-state index contributed by atoms with van der Waals surface area (Å²) in [6, 6.07) is -0.713. The minimum atomic E-state index is -0.796. The molecule has 61 heavy (non-hydrogen) atoms. The van der Waals surface area contributed by atoms with Crippen LogP contribution < -0.4 is 5.32 Å². The molecule has 3 unspecified atom stereocenters. The minimum Gasteiger partial charge on any atom is -0.462 e. The maximum Gasteiger partial charge on any atom is 0.306 e. The minimum absolute atomic E-state index is 0.0462. The van der Waals surface area contributed by atoms with E-state index in [4.69, 9.17) is 4.74 Å². The molecule has 3 N–H and O–H groups in total. The Bertz CT molecular complexity index is 1010. The number of carbonyl (C=O) groups is 2. The number of rotatable bonds is 48. The van der Waals surface area contributed by atoms with Crippen molar-refractivity contribution in [2.24, 2.45) is 0 Å².